The smallest absolute Gasteiger partial charge is 0.416 e. The number of halogens is 3. The quantitative estimate of drug-likeness (QED) is 0.324. The molecular weight excluding hydrogens is 429 g/mol. The maximum Gasteiger partial charge on any atom is 0.416 e. The predicted molar refractivity (Wildman–Crippen MR) is 123 cm³/mol. The van der Waals surface area contributed by atoms with E-state index in [0.29, 0.717) is 22.2 Å². The number of rotatable bonds is 5. The van der Waals surface area contributed by atoms with Crippen LogP contribution in [0.3, 0.4) is 0 Å². The van der Waals surface area contributed by atoms with Crippen molar-refractivity contribution < 1.29 is 23.1 Å². The zero-order chi connectivity index (χ0) is 23.6. The lowest BCUT2D eigenvalue weighted by atomic mass is 10.0. The van der Waals surface area contributed by atoms with Crippen LogP contribution in [0.5, 0.6) is 5.75 Å². The topological polar surface area (TPSA) is 62.2 Å². The van der Waals surface area contributed by atoms with Crippen LogP contribution in [0.2, 0.25) is 0 Å². The van der Waals surface area contributed by atoms with Crippen molar-refractivity contribution in [2.45, 2.75) is 13.1 Å². The first kappa shape index (κ1) is 22.1. The van der Waals surface area contributed by atoms with E-state index < -0.39 is 11.7 Å². The number of alkyl halides is 3. The third kappa shape index (κ3) is 5.03. The van der Waals surface area contributed by atoms with Crippen molar-refractivity contribution in [3.8, 4) is 16.9 Å². The molecule has 7 heteroatoms. The molecular formula is C26H19F3N2O2. The second-order valence-electron chi connectivity index (χ2n) is 7.51. The number of hydrogen-bond acceptors (Lipinski definition) is 4. The lowest BCUT2D eigenvalue weighted by Gasteiger charge is -2.15. The zero-order valence-corrected chi connectivity index (χ0v) is 17.5. The number of aromatic hydroxyl groups is 1. The van der Waals surface area contributed by atoms with Gasteiger partial charge < -0.3 is 10.4 Å². The highest BCUT2D eigenvalue weighted by Crippen LogP contribution is 2.35. The number of carbonyl (C=O) groups excluding carboxylic acids is 1. The molecule has 0 saturated carbocycles. The van der Waals surface area contributed by atoms with Crippen LogP contribution in [0.4, 0.5) is 24.5 Å². The summed E-state index contributed by atoms with van der Waals surface area (Å²) >= 11 is 0. The number of ketones is 1. The molecule has 0 radical (unpaired) electrons. The van der Waals surface area contributed by atoms with E-state index in [1.54, 1.807) is 42.6 Å². The summed E-state index contributed by atoms with van der Waals surface area (Å²) in [6.45, 7) is 1.41. The maximum atomic E-state index is 13.2. The van der Waals surface area contributed by atoms with Gasteiger partial charge in [0.2, 0.25) is 0 Å². The number of aromatic nitrogens is 1. The molecule has 0 saturated heterocycles. The molecule has 0 aliphatic heterocycles. The molecule has 0 spiro atoms. The van der Waals surface area contributed by atoms with Crippen molar-refractivity contribution in [3.63, 3.8) is 0 Å². The molecule has 4 rings (SSSR count). The molecule has 4 nitrogen and oxygen atoms in total. The van der Waals surface area contributed by atoms with Crippen molar-refractivity contribution in [3.05, 3.63) is 90.1 Å². The van der Waals surface area contributed by atoms with E-state index in [0.717, 1.165) is 23.3 Å². The summed E-state index contributed by atoms with van der Waals surface area (Å²) in [5.41, 5.74) is 2.89. The summed E-state index contributed by atoms with van der Waals surface area (Å²) in [4.78, 5) is 15.9. The number of nitrogens with zero attached hydrogens (tertiary/aromatic N) is 1. The molecule has 1 heterocycles. The standard InChI is InChI=1S/C26H19F3N2O2/c1-16(32)5-6-19-15-30-24-12-9-18(17-7-10-22(33)11-8-17)13-23(24)25(19)31-21-4-2-3-20(14-21)26(27,28)29/h2-15,33H,1H3,(H,30,31)/b6-5+. The molecule has 3 aromatic carbocycles. The summed E-state index contributed by atoms with van der Waals surface area (Å²) in [5, 5.41) is 13.3. The Morgan fingerprint density at radius 1 is 1.00 bits per heavy atom. The Bertz CT molecular complexity index is 1360. The first-order valence-corrected chi connectivity index (χ1v) is 10.1. The number of benzene rings is 3. The zero-order valence-electron chi connectivity index (χ0n) is 17.5. The summed E-state index contributed by atoms with van der Waals surface area (Å²) in [6, 6.07) is 17.2. The number of nitrogens with one attached hydrogen (secondary N) is 1. The van der Waals surface area contributed by atoms with E-state index in [4.69, 9.17) is 0 Å². The second kappa shape index (κ2) is 8.78. The minimum atomic E-state index is -4.47. The van der Waals surface area contributed by atoms with Crippen LogP contribution < -0.4 is 5.32 Å². The van der Waals surface area contributed by atoms with Crippen molar-refractivity contribution in [2.75, 3.05) is 5.32 Å². The largest absolute Gasteiger partial charge is 0.508 e. The number of phenolic OH excluding ortho intramolecular Hbond substituents is 1. The van der Waals surface area contributed by atoms with Gasteiger partial charge in [0.15, 0.2) is 5.78 Å². The number of allylic oxidation sites excluding steroid dienone is 1. The Morgan fingerprint density at radius 2 is 1.73 bits per heavy atom. The van der Waals surface area contributed by atoms with Crippen molar-refractivity contribution >= 4 is 34.1 Å². The maximum absolute atomic E-state index is 13.2. The molecule has 0 aliphatic carbocycles. The molecule has 1 aromatic heterocycles. The molecule has 0 unspecified atom stereocenters. The fraction of sp³-hybridized carbons (Fsp3) is 0.0769. The minimum Gasteiger partial charge on any atom is -0.508 e. The van der Waals surface area contributed by atoms with Gasteiger partial charge in [-0.15, -0.1) is 0 Å². The average Bonchev–Trinajstić information content (AvgIpc) is 2.78. The van der Waals surface area contributed by atoms with Crippen LogP contribution in [0.25, 0.3) is 28.1 Å². The van der Waals surface area contributed by atoms with E-state index in [-0.39, 0.29) is 17.2 Å². The second-order valence-corrected chi connectivity index (χ2v) is 7.51. The SMILES string of the molecule is CC(=O)/C=C/c1cnc2ccc(-c3ccc(O)cc3)cc2c1Nc1cccc(C(F)(F)F)c1. The predicted octanol–water partition coefficient (Wildman–Crippen LogP) is 6.97. The Morgan fingerprint density at radius 3 is 2.42 bits per heavy atom. The van der Waals surface area contributed by atoms with Gasteiger partial charge in [0, 0.05) is 22.8 Å². The number of carbonyl (C=O) groups is 1. The highest BCUT2D eigenvalue weighted by molar-refractivity contribution is 6.01. The number of pyridine rings is 1. The minimum absolute atomic E-state index is 0.143. The summed E-state index contributed by atoms with van der Waals surface area (Å²) in [7, 11) is 0. The molecule has 4 aromatic rings. The highest BCUT2D eigenvalue weighted by Gasteiger charge is 2.30. The number of fused-ring (bicyclic) bond motifs is 1. The van der Waals surface area contributed by atoms with Gasteiger partial charge in [-0.25, -0.2) is 0 Å². The van der Waals surface area contributed by atoms with Gasteiger partial charge in [-0.2, -0.15) is 13.2 Å². The Kier molecular flexibility index (Phi) is 5.87. The molecule has 2 N–H and O–H groups in total. The number of anilines is 2. The van der Waals surface area contributed by atoms with Crippen LogP contribution in [0, 0.1) is 0 Å². The van der Waals surface area contributed by atoms with Crippen LogP contribution in [-0.2, 0) is 11.0 Å². The van der Waals surface area contributed by atoms with Crippen LogP contribution in [-0.4, -0.2) is 15.9 Å². The van der Waals surface area contributed by atoms with Gasteiger partial charge in [-0.3, -0.25) is 9.78 Å². The van der Waals surface area contributed by atoms with Crippen molar-refractivity contribution in [1.29, 1.82) is 0 Å². The number of phenols is 1. The Balaban J connectivity index is 1.88. The van der Waals surface area contributed by atoms with Crippen LogP contribution in [0.15, 0.2) is 79.0 Å². The van der Waals surface area contributed by atoms with E-state index in [1.165, 1.54) is 19.1 Å². The molecule has 0 atom stereocenters. The average molecular weight is 448 g/mol. The van der Waals surface area contributed by atoms with E-state index in [9.17, 15) is 23.1 Å². The molecule has 0 bridgehead atoms. The monoisotopic (exact) mass is 448 g/mol. The van der Waals surface area contributed by atoms with Crippen LogP contribution in [0.1, 0.15) is 18.1 Å². The fourth-order valence-corrected chi connectivity index (χ4v) is 3.43. The van der Waals surface area contributed by atoms with Crippen LogP contribution >= 0.6 is 0 Å². The lowest BCUT2D eigenvalue weighted by molar-refractivity contribution is -0.137. The Hall–Kier alpha value is -4.13. The van der Waals surface area contributed by atoms with E-state index >= 15 is 0 Å². The molecule has 33 heavy (non-hydrogen) atoms. The molecule has 0 fully saturated rings. The normalized spacial score (nSPS) is 11.8. The third-order valence-electron chi connectivity index (χ3n) is 5.05. The van der Waals surface area contributed by atoms with Gasteiger partial charge in [0.05, 0.1) is 16.8 Å². The highest BCUT2D eigenvalue weighted by atomic mass is 19.4. The summed E-state index contributed by atoms with van der Waals surface area (Å²) in [6.07, 6.45) is 0.0568. The fourth-order valence-electron chi connectivity index (χ4n) is 3.43. The van der Waals surface area contributed by atoms with Gasteiger partial charge in [0.1, 0.15) is 5.75 Å². The first-order chi connectivity index (χ1) is 15.7. The van der Waals surface area contributed by atoms with Gasteiger partial charge in [-0.1, -0.05) is 24.3 Å². The van der Waals surface area contributed by atoms with Gasteiger partial charge >= 0.3 is 6.18 Å². The van der Waals surface area contributed by atoms with Crippen molar-refractivity contribution in [2.24, 2.45) is 0 Å². The number of hydrogen-bond donors (Lipinski definition) is 2. The first-order valence-electron chi connectivity index (χ1n) is 10.1. The lowest BCUT2D eigenvalue weighted by Crippen LogP contribution is -2.05. The van der Waals surface area contributed by atoms with Gasteiger partial charge in [-0.05, 0) is 72.7 Å². The van der Waals surface area contributed by atoms with E-state index in [2.05, 4.69) is 10.3 Å². The molecule has 166 valence electrons. The Labute approximate surface area is 188 Å². The van der Waals surface area contributed by atoms with Gasteiger partial charge in [0.25, 0.3) is 0 Å². The van der Waals surface area contributed by atoms with Crippen molar-refractivity contribution in [1.82, 2.24) is 4.98 Å². The summed E-state index contributed by atoms with van der Waals surface area (Å²) < 4.78 is 39.6. The van der Waals surface area contributed by atoms with E-state index in [1.807, 2.05) is 18.2 Å². The third-order valence-corrected chi connectivity index (χ3v) is 5.05. The molecule has 0 amide bonds. The summed E-state index contributed by atoms with van der Waals surface area (Å²) in [5.74, 6) is -0.0253. The molecule has 0 aliphatic rings.